The third-order valence-electron chi connectivity index (χ3n) is 3.56. The van der Waals surface area contributed by atoms with Gasteiger partial charge in [-0.2, -0.15) is 0 Å². The van der Waals surface area contributed by atoms with Gasteiger partial charge in [-0.05, 0) is 37.8 Å². The zero-order chi connectivity index (χ0) is 15.1. The Morgan fingerprint density at radius 1 is 1.24 bits per heavy atom. The average molecular weight is 288 g/mol. The molecule has 0 aliphatic rings. The highest BCUT2D eigenvalue weighted by Crippen LogP contribution is 2.16. The first-order chi connectivity index (χ1) is 10.3. The molecule has 1 aromatic heterocycles. The van der Waals surface area contributed by atoms with Crippen LogP contribution >= 0.6 is 0 Å². The summed E-state index contributed by atoms with van der Waals surface area (Å²) < 4.78 is 7.76. The Morgan fingerprint density at radius 2 is 2.05 bits per heavy atom. The number of nitrogens with two attached hydrogens (primary N) is 1. The highest BCUT2D eigenvalue weighted by Gasteiger charge is 2.08. The Bertz CT molecular complexity index is 565. The summed E-state index contributed by atoms with van der Waals surface area (Å²) >= 11 is 0. The lowest BCUT2D eigenvalue weighted by Crippen LogP contribution is -2.08. The van der Waals surface area contributed by atoms with Gasteiger partial charge in [0, 0.05) is 13.1 Å². The molecular weight excluding hydrogens is 264 g/mol. The van der Waals surface area contributed by atoms with Crippen molar-refractivity contribution >= 4 is 0 Å². The van der Waals surface area contributed by atoms with Crippen molar-refractivity contribution in [3.63, 3.8) is 0 Å². The smallest absolute Gasteiger partial charge is 0.122 e. The van der Waals surface area contributed by atoms with Gasteiger partial charge in [-0.1, -0.05) is 30.3 Å². The third-order valence-corrected chi connectivity index (χ3v) is 3.56. The number of hydrogen-bond acceptors (Lipinski definition) is 4. The van der Waals surface area contributed by atoms with Crippen molar-refractivity contribution in [3.05, 3.63) is 41.2 Å². The highest BCUT2D eigenvalue weighted by atomic mass is 16.5. The van der Waals surface area contributed by atoms with Crippen LogP contribution in [0.1, 0.15) is 36.7 Å². The SMILES string of the molecule is CCc1c(CN)nnn1CCCCOc1ccccc1C. The fourth-order valence-electron chi connectivity index (χ4n) is 2.36. The number of rotatable bonds is 8. The number of aromatic nitrogens is 3. The Balaban J connectivity index is 1.75. The molecule has 2 N–H and O–H groups in total. The summed E-state index contributed by atoms with van der Waals surface area (Å²) in [6.07, 6.45) is 2.93. The molecule has 0 radical (unpaired) electrons. The van der Waals surface area contributed by atoms with Crippen molar-refractivity contribution in [2.45, 2.75) is 46.2 Å². The number of hydrogen-bond donors (Lipinski definition) is 1. The number of ether oxygens (including phenoxy) is 1. The van der Waals surface area contributed by atoms with Crippen molar-refractivity contribution in [3.8, 4) is 5.75 Å². The maximum absolute atomic E-state index is 5.79. The molecule has 0 saturated heterocycles. The molecule has 5 nitrogen and oxygen atoms in total. The van der Waals surface area contributed by atoms with E-state index in [1.165, 1.54) is 5.56 Å². The van der Waals surface area contributed by atoms with Crippen molar-refractivity contribution in [2.75, 3.05) is 6.61 Å². The van der Waals surface area contributed by atoms with Gasteiger partial charge < -0.3 is 10.5 Å². The molecule has 0 unspecified atom stereocenters. The van der Waals surface area contributed by atoms with Crippen molar-refractivity contribution in [1.82, 2.24) is 15.0 Å². The van der Waals surface area contributed by atoms with Crippen LogP contribution < -0.4 is 10.5 Å². The van der Waals surface area contributed by atoms with Crippen LogP contribution in [0.15, 0.2) is 24.3 Å². The Labute approximate surface area is 126 Å². The quantitative estimate of drug-likeness (QED) is 0.758. The molecule has 0 saturated carbocycles. The topological polar surface area (TPSA) is 66.0 Å². The third kappa shape index (κ3) is 4.04. The van der Waals surface area contributed by atoms with E-state index in [-0.39, 0.29) is 0 Å². The van der Waals surface area contributed by atoms with Gasteiger partial charge in [-0.3, -0.25) is 0 Å². The fourth-order valence-corrected chi connectivity index (χ4v) is 2.36. The number of nitrogens with zero attached hydrogens (tertiary/aromatic N) is 3. The first-order valence-electron chi connectivity index (χ1n) is 7.56. The summed E-state index contributed by atoms with van der Waals surface area (Å²) in [6.45, 7) is 6.22. The summed E-state index contributed by atoms with van der Waals surface area (Å²) in [7, 11) is 0. The zero-order valence-corrected chi connectivity index (χ0v) is 12.9. The Hall–Kier alpha value is -1.88. The van der Waals surface area contributed by atoms with Gasteiger partial charge in [0.15, 0.2) is 0 Å². The van der Waals surface area contributed by atoms with Gasteiger partial charge in [0.1, 0.15) is 5.75 Å². The van der Waals surface area contributed by atoms with E-state index in [4.69, 9.17) is 10.5 Å². The van der Waals surface area contributed by atoms with Crippen LogP contribution in [-0.4, -0.2) is 21.6 Å². The number of para-hydroxylation sites is 1. The number of unbranched alkanes of at least 4 members (excludes halogenated alkanes) is 1. The Morgan fingerprint density at radius 3 is 2.76 bits per heavy atom. The van der Waals surface area contributed by atoms with Crippen LogP contribution in [0, 0.1) is 6.92 Å². The van der Waals surface area contributed by atoms with Gasteiger partial charge in [0.05, 0.1) is 18.0 Å². The van der Waals surface area contributed by atoms with Gasteiger partial charge >= 0.3 is 0 Å². The molecule has 0 atom stereocenters. The van der Waals surface area contributed by atoms with E-state index in [0.29, 0.717) is 6.54 Å². The lowest BCUT2D eigenvalue weighted by atomic mass is 10.2. The van der Waals surface area contributed by atoms with E-state index in [2.05, 4.69) is 30.2 Å². The van der Waals surface area contributed by atoms with E-state index >= 15 is 0 Å². The number of aryl methyl sites for hydroxylation is 2. The molecule has 114 valence electrons. The second kappa shape index (κ2) is 7.78. The Kier molecular flexibility index (Phi) is 5.75. The van der Waals surface area contributed by atoms with Crippen LogP contribution in [0.25, 0.3) is 0 Å². The van der Waals surface area contributed by atoms with Crippen LogP contribution in [0.4, 0.5) is 0 Å². The summed E-state index contributed by atoms with van der Waals surface area (Å²) in [5.74, 6) is 0.970. The van der Waals surface area contributed by atoms with E-state index < -0.39 is 0 Å². The lowest BCUT2D eigenvalue weighted by Gasteiger charge is -2.09. The van der Waals surface area contributed by atoms with Crippen LogP contribution in [0.2, 0.25) is 0 Å². The maximum atomic E-state index is 5.79. The van der Waals surface area contributed by atoms with Gasteiger partial charge in [0.2, 0.25) is 0 Å². The first kappa shape index (κ1) is 15.5. The summed E-state index contributed by atoms with van der Waals surface area (Å²) in [5, 5.41) is 8.29. The predicted octanol–water partition coefficient (Wildman–Crippen LogP) is 2.47. The van der Waals surface area contributed by atoms with Crippen molar-refractivity contribution < 1.29 is 4.74 Å². The standard InChI is InChI=1S/C16H24N4O/c1-3-15-14(12-17)18-19-20(15)10-6-7-11-21-16-9-5-4-8-13(16)2/h4-5,8-9H,3,6-7,10-12,17H2,1-2H3. The minimum absolute atomic E-state index is 0.458. The van der Waals surface area contributed by atoms with E-state index in [0.717, 1.165) is 49.6 Å². The van der Waals surface area contributed by atoms with Crippen molar-refractivity contribution in [1.29, 1.82) is 0 Å². The maximum Gasteiger partial charge on any atom is 0.122 e. The molecule has 0 spiro atoms. The van der Waals surface area contributed by atoms with E-state index in [9.17, 15) is 0 Å². The van der Waals surface area contributed by atoms with Crippen molar-refractivity contribution in [2.24, 2.45) is 5.73 Å². The molecule has 2 rings (SSSR count). The van der Waals surface area contributed by atoms with Gasteiger partial charge in [-0.25, -0.2) is 4.68 Å². The minimum Gasteiger partial charge on any atom is -0.493 e. The second-order valence-corrected chi connectivity index (χ2v) is 5.08. The summed E-state index contributed by atoms with van der Waals surface area (Å²) in [6, 6.07) is 8.09. The van der Waals surface area contributed by atoms with Crippen LogP contribution in [0.3, 0.4) is 0 Å². The fraction of sp³-hybridized carbons (Fsp3) is 0.500. The molecule has 2 aromatic rings. The molecule has 0 bridgehead atoms. The van der Waals surface area contributed by atoms with E-state index in [1.54, 1.807) is 0 Å². The summed E-state index contributed by atoms with van der Waals surface area (Å²) in [4.78, 5) is 0. The second-order valence-electron chi connectivity index (χ2n) is 5.08. The monoisotopic (exact) mass is 288 g/mol. The zero-order valence-electron chi connectivity index (χ0n) is 12.9. The first-order valence-corrected chi connectivity index (χ1v) is 7.56. The average Bonchev–Trinajstić information content (AvgIpc) is 2.90. The molecule has 1 heterocycles. The lowest BCUT2D eigenvalue weighted by molar-refractivity contribution is 0.299. The predicted molar refractivity (Wildman–Crippen MR) is 83.2 cm³/mol. The molecule has 21 heavy (non-hydrogen) atoms. The molecule has 0 aliphatic heterocycles. The molecule has 5 heteroatoms. The van der Waals surface area contributed by atoms with Gasteiger partial charge in [-0.15, -0.1) is 5.10 Å². The normalized spacial score (nSPS) is 10.8. The molecule has 1 aromatic carbocycles. The molecular formula is C16H24N4O. The number of benzene rings is 1. The largest absolute Gasteiger partial charge is 0.493 e. The molecule has 0 amide bonds. The van der Waals surface area contributed by atoms with E-state index in [1.807, 2.05) is 22.9 Å². The summed E-state index contributed by atoms with van der Waals surface area (Å²) in [5.41, 5.74) is 8.90. The van der Waals surface area contributed by atoms with Gasteiger partial charge in [0.25, 0.3) is 0 Å². The minimum atomic E-state index is 0.458. The molecule has 0 fully saturated rings. The highest BCUT2D eigenvalue weighted by molar-refractivity contribution is 5.31. The van der Waals surface area contributed by atoms with Crippen LogP contribution in [-0.2, 0) is 19.5 Å². The molecule has 0 aliphatic carbocycles. The van der Waals surface area contributed by atoms with Crippen LogP contribution in [0.5, 0.6) is 5.75 Å².